The topological polar surface area (TPSA) is 71.1 Å². The Labute approximate surface area is 514 Å². The van der Waals surface area contributed by atoms with E-state index in [2.05, 4.69) is 64.1 Å². The predicted octanol–water partition coefficient (Wildman–Crippen LogP) is 24.3. The first-order valence-electron chi connectivity index (χ1n) is 34.9. The van der Waals surface area contributed by atoms with Crippen LogP contribution in [-0.2, 0) is 0 Å². The molecule has 0 aliphatic carbocycles. The van der Waals surface area contributed by atoms with Crippen LogP contribution in [0.5, 0.6) is 23.0 Å². The standard InChI is InChI=1S/C78H118O6/c1-5-9-13-17-21-25-29-33-37-41-61-81-73-59-53-69(65-75(73)83-63-43-39-35-31-27-23-19-15-11-7-3)47-45-67-49-55-71(56-50-67)77(79)78(80)72-57-51-68(52-58-72)46-48-70-54-60-74(82-62-42-38-34-30-26-22-18-14-10-6-2)76(66-70)84-64-44-40-36-32-28-24-20-16-12-8-4/h45-60,65-66H,5-44,61-64H2,1-4H3. The maximum Gasteiger partial charge on any atom is 0.233 e. The summed E-state index contributed by atoms with van der Waals surface area (Å²) in [6, 6.07) is 26.9. The van der Waals surface area contributed by atoms with Crippen LogP contribution in [0.4, 0.5) is 0 Å². The highest BCUT2D eigenvalue weighted by Gasteiger charge is 2.18. The van der Waals surface area contributed by atoms with Gasteiger partial charge in [-0.2, -0.15) is 0 Å². The minimum Gasteiger partial charge on any atom is -0.490 e. The van der Waals surface area contributed by atoms with Gasteiger partial charge in [-0.05, 0) is 72.2 Å². The normalized spacial score (nSPS) is 11.5. The van der Waals surface area contributed by atoms with Crippen molar-refractivity contribution in [2.75, 3.05) is 26.4 Å². The summed E-state index contributed by atoms with van der Waals surface area (Å²) in [4.78, 5) is 27.0. The fourth-order valence-electron chi connectivity index (χ4n) is 10.9. The lowest BCUT2D eigenvalue weighted by molar-refractivity contribution is 0.0817. The zero-order valence-corrected chi connectivity index (χ0v) is 54.0. The molecule has 0 aliphatic heterocycles. The zero-order chi connectivity index (χ0) is 59.6. The molecule has 0 bridgehead atoms. The van der Waals surface area contributed by atoms with Gasteiger partial charge in [-0.15, -0.1) is 0 Å². The Balaban J connectivity index is 1.29. The molecular formula is C78H118O6. The van der Waals surface area contributed by atoms with E-state index in [1.54, 1.807) is 24.3 Å². The molecule has 0 saturated heterocycles. The molecule has 0 fully saturated rings. The summed E-state index contributed by atoms with van der Waals surface area (Å²) in [6.45, 7) is 11.8. The molecule has 0 heterocycles. The fraction of sp³-hybridized carbons (Fsp3) is 0.615. The Morgan fingerprint density at radius 3 is 0.702 bits per heavy atom. The number of ketones is 2. The number of ether oxygens (including phenoxy) is 4. The molecule has 0 radical (unpaired) electrons. The van der Waals surface area contributed by atoms with Crippen molar-refractivity contribution in [3.05, 3.63) is 118 Å². The van der Waals surface area contributed by atoms with Crippen molar-refractivity contribution in [1.82, 2.24) is 0 Å². The maximum absolute atomic E-state index is 13.5. The van der Waals surface area contributed by atoms with Crippen molar-refractivity contribution in [1.29, 1.82) is 0 Å². The van der Waals surface area contributed by atoms with Gasteiger partial charge >= 0.3 is 0 Å². The van der Waals surface area contributed by atoms with E-state index in [0.717, 1.165) is 70.9 Å². The van der Waals surface area contributed by atoms with Crippen LogP contribution in [0.3, 0.4) is 0 Å². The van der Waals surface area contributed by atoms with Crippen molar-refractivity contribution in [2.24, 2.45) is 0 Å². The van der Waals surface area contributed by atoms with Gasteiger partial charge in [0.1, 0.15) is 0 Å². The number of benzene rings is 4. The number of hydrogen-bond donors (Lipinski definition) is 0. The average molecular weight is 1150 g/mol. The van der Waals surface area contributed by atoms with Gasteiger partial charge in [0.25, 0.3) is 0 Å². The van der Waals surface area contributed by atoms with Gasteiger partial charge in [-0.1, -0.05) is 344 Å². The van der Waals surface area contributed by atoms with Gasteiger partial charge in [0, 0.05) is 11.1 Å². The summed E-state index contributed by atoms with van der Waals surface area (Å²) in [5, 5.41) is 0. The molecule has 0 atom stereocenters. The number of carbonyl (C=O) groups excluding carboxylic acids is 2. The van der Waals surface area contributed by atoms with Crippen LogP contribution in [0, 0.1) is 0 Å². The number of unbranched alkanes of at least 4 members (excludes halogenated alkanes) is 36. The van der Waals surface area contributed by atoms with Crippen LogP contribution in [0.25, 0.3) is 24.3 Å². The zero-order valence-electron chi connectivity index (χ0n) is 54.0. The Morgan fingerprint density at radius 1 is 0.250 bits per heavy atom. The van der Waals surface area contributed by atoms with Gasteiger partial charge in [0.05, 0.1) is 26.4 Å². The molecule has 0 saturated carbocycles. The summed E-state index contributed by atoms with van der Waals surface area (Å²) in [6.07, 6.45) is 59.9. The first kappa shape index (κ1) is 71.4. The molecule has 0 aliphatic rings. The first-order valence-corrected chi connectivity index (χ1v) is 34.9. The van der Waals surface area contributed by atoms with Gasteiger partial charge in [0.2, 0.25) is 11.6 Å². The first-order chi connectivity index (χ1) is 41.4. The third-order valence-electron chi connectivity index (χ3n) is 16.4. The Hall–Kier alpha value is -5.10. The van der Waals surface area contributed by atoms with Crippen LogP contribution < -0.4 is 18.9 Å². The molecule has 84 heavy (non-hydrogen) atoms. The second-order valence-corrected chi connectivity index (χ2v) is 24.1. The van der Waals surface area contributed by atoms with E-state index in [4.69, 9.17) is 18.9 Å². The molecule has 0 amide bonds. The summed E-state index contributed by atoms with van der Waals surface area (Å²) in [7, 11) is 0. The highest BCUT2D eigenvalue weighted by atomic mass is 16.5. The van der Waals surface area contributed by atoms with Gasteiger partial charge in [-0.3, -0.25) is 9.59 Å². The second-order valence-electron chi connectivity index (χ2n) is 24.1. The molecule has 4 aromatic rings. The molecule has 0 unspecified atom stereocenters. The summed E-state index contributed by atoms with van der Waals surface area (Å²) in [5.41, 5.74) is 4.63. The van der Waals surface area contributed by atoms with Crippen LogP contribution in [0.2, 0.25) is 0 Å². The van der Waals surface area contributed by atoms with E-state index in [1.807, 2.05) is 48.6 Å². The van der Waals surface area contributed by atoms with E-state index in [9.17, 15) is 9.59 Å². The smallest absolute Gasteiger partial charge is 0.233 e. The number of rotatable bonds is 55. The monoisotopic (exact) mass is 1150 g/mol. The van der Waals surface area contributed by atoms with Crippen molar-refractivity contribution in [3.8, 4) is 23.0 Å². The number of carbonyl (C=O) groups is 2. The van der Waals surface area contributed by atoms with Crippen molar-refractivity contribution >= 4 is 35.9 Å². The summed E-state index contributed by atoms with van der Waals surface area (Å²) >= 11 is 0. The lowest BCUT2D eigenvalue weighted by atomic mass is 9.99. The van der Waals surface area contributed by atoms with Crippen molar-refractivity contribution < 1.29 is 28.5 Å². The minimum atomic E-state index is -0.521. The fourth-order valence-corrected chi connectivity index (χ4v) is 10.9. The number of Topliss-reactive ketones (excluding diaryl/α,β-unsaturated/α-hetero) is 2. The van der Waals surface area contributed by atoms with Crippen molar-refractivity contribution in [3.63, 3.8) is 0 Å². The predicted molar refractivity (Wildman–Crippen MR) is 362 cm³/mol. The van der Waals surface area contributed by atoms with E-state index in [-0.39, 0.29) is 0 Å². The third-order valence-corrected chi connectivity index (χ3v) is 16.4. The van der Waals surface area contributed by atoms with Crippen LogP contribution in [-0.4, -0.2) is 38.0 Å². The van der Waals surface area contributed by atoms with E-state index in [1.165, 1.54) is 231 Å². The lowest BCUT2D eigenvalue weighted by Gasteiger charge is -2.14. The van der Waals surface area contributed by atoms with E-state index >= 15 is 0 Å². The molecular weight excluding hydrogens is 1030 g/mol. The molecule has 0 N–H and O–H groups in total. The Kier molecular flexibility index (Phi) is 41.7. The van der Waals surface area contributed by atoms with Crippen LogP contribution in [0.15, 0.2) is 84.9 Å². The maximum atomic E-state index is 13.5. The molecule has 0 aromatic heterocycles. The SMILES string of the molecule is CCCCCCCCCCCCOc1ccc(C=Cc2ccc(C(=O)C(=O)c3ccc(C=Cc4ccc(OCCCCCCCCCCCC)c(OCCCCCCCCCCCC)c4)cc3)cc2)cc1OCCCCCCCCCCCC. The number of hydrogen-bond acceptors (Lipinski definition) is 6. The molecule has 6 nitrogen and oxygen atoms in total. The second kappa shape index (κ2) is 49.1. The largest absolute Gasteiger partial charge is 0.490 e. The average Bonchev–Trinajstić information content (AvgIpc) is 3.73. The Bertz CT molecular complexity index is 2150. The molecule has 0 spiro atoms. The third kappa shape index (κ3) is 33.6. The lowest BCUT2D eigenvalue weighted by Crippen LogP contribution is -2.14. The van der Waals surface area contributed by atoms with E-state index in [0.29, 0.717) is 37.6 Å². The van der Waals surface area contributed by atoms with Gasteiger partial charge in [0.15, 0.2) is 23.0 Å². The van der Waals surface area contributed by atoms with Crippen molar-refractivity contribution in [2.45, 2.75) is 285 Å². The molecule has 4 rings (SSSR count). The molecule has 6 heteroatoms. The highest BCUT2D eigenvalue weighted by molar-refractivity contribution is 6.49. The summed E-state index contributed by atoms with van der Waals surface area (Å²) in [5.74, 6) is 2.17. The molecule has 466 valence electrons. The summed E-state index contributed by atoms with van der Waals surface area (Å²) < 4.78 is 25.5. The minimum absolute atomic E-state index is 0.370. The van der Waals surface area contributed by atoms with Gasteiger partial charge < -0.3 is 18.9 Å². The van der Waals surface area contributed by atoms with Gasteiger partial charge in [-0.25, -0.2) is 0 Å². The van der Waals surface area contributed by atoms with Crippen LogP contribution in [0.1, 0.15) is 327 Å². The van der Waals surface area contributed by atoms with Crippen LogP contribution >= 0.6 is 0 Å². The highest BCUT2D eigenvalue weighted by Crippen LogP contribution is 2.32. The molecule has 4 aromatic carbocycles. The van der Waals surface area contributed by atoms with E-state index < -0.39 is 11.6 Å². The Morgan fingerprint density at radius 2 is 0.452 bits per heavy atom. The quantitative estimate of drug-likeness (QED) is 0.0190.